The van der Waals surface area contributed by atoms with Crippen LogP contribution in [-0.4, -0.2) is 22.5 Å². The van der Waals surface area contributed by atoms with Crippen LogP contribution in [-0.2, 0) is 24.7 Å². The molecule has 1 N–H and O–H groups in total. The quantitative estimate of drug-likeness (QED) is 0.633. The molecule has 1 aromatic heterocycles. The molecule has 7 heteroatoms. The SMILES string of the molecule is Cc1ccc(Nc2nc(C3(C)CC4(CC(C)(C)OC4=O)C(=O)O3)cs2)cc1. The van der Waals surface area contributed by atoms with Crippen LogP contribution in [0.4, 0.5) is 10.8 Å². The second-order valence-corrected chi connectivity index (χ2v) is 9.09. The van der Waals surface area contributed by atoms with Crippen LogP contribution in [0.1, 0.15) is 44.9 Å². The van der Waals surface area contributed by atoms with Crippen molar-refractivity contribution < 1.29 is 19.1 Å². The lowest BCUT2D eigenvalue weighted by atomic mass is 9.75. The molecule has 2 aliphatic heterocycles. The van der Waals surface area contributed by atoms with Crippen molar-refractivity contribution in [3.05, 3.63) is 40.9 Å². The molecular weight excluding hydrogens is 364 g/mol. The van der Waals surface area contributed by atoms with Gasteiger partial charge in [-0.1, -0.05) is 17.7 Å². The highest BCUT2D eigenvalue weighted by atomic mass is 32.1. The first kappa shape index (κ1) is 18.0. The number of carbonyl (C=O) groups excluding carboxylic acids is 2. The number of thiazole rings is 1. The summed E-state index contributed by atoms with van der Waals surface area (Å²) in [6.07, 6.45) is 0.570. The van der Waals surface area contributed by atoms with Crippen molar-refractivity contribution in [3.8, 4) is 0 Å². The monoisotopic (exact) mass is 386 g/mol. The van der Waals surface area contributed by atoms with Gasteiger partial charge in [0.05, 0.1) is 5.69 Å². The number of rotatable bonds is 3. The summed E-state index contributed by atoms with van der Waals surface area (Å²) in [7, 11) is 0. The summed E-state index contributed by atoms with van der Waals surface area (Å²) in [5.74, 6) is -1.00. The number of nitrogens with one attached hydrogen (secondary N) is 1. The smallest absolute Gasteiger partial charge is 0.324 e. The van der Waals surface area contributed by atoms with Gasteiger partial charge in [-0.05, 0) is 39.8 Å². The summed E-state index contributed by atoms with van der Waals surface area (Å²) in [5.41, 5.74) is -0.0752. The Morgan fingerprint density at radius 3 is 2.33 bits per heavy atom. The number of anilines is 2. The Morgan fingerprint density at radius 2 is 1.70 bits per heavy atom. The number of cyclic esters (lactones) is 2. The summed E-state index contributed by atoms with van der Waals surface area (Å²) in [5, 5.41) is 5.84. The normalized spacial score (nSPS) is 29.0. The van der Waals surface area contributed by atoms with E-state index in [2.05, 4.69) is 10.3 Å². The number of aromatic nitrogens is 1. The maximum absolute atomic E-state index is 12.7. The van der Waals surface area contributed by atoms with Crippen LogP contribution in [0.3, 0.4) is 0 Å². The minimum absolute atomic E-state index is 0.245. The van der Waals surface area contributed by atoms with Gasteiger partial charge in [0.1, 0.15) is 5.60 Å². The van der Waals surface area contributed by atoms with E-state index in [4.69, 9.17) is 9.47 Å². The van der Waals surface area contributed by atoms with Crippen LogP contribution in [0.5, 0.6) is 0 Å². The van der Waals surface area contributed by atoms with E-state index in [0.717, 1.165) is 5.69 Å². The lowest BCUT2D eigenvalue weighted by molar-refractivity contribution is -0.161. The molecule has 2 aromatic rings. The summed E-state index contributed by atoms with van der Waals surface area (Å²) >= 11 is 1.44. The Balaban J connectivity index is 1.57. The van der Waals surface area contributed by atoms with Crippen molar-refractivity contribution in [2.45, 2.75) is 51.7 Å². The van der Waals surface area contributed by atoms with Gasteiger partial charge in [-0.2, -0.15) is 0 Å². The molecular formula is C20H22N2O4S. The summed E-state index contributed by atoms with van der Waals surface area (Å²) in [6.45, 7) is 7.47. The number of ether oxygens (including phenoxy) is 2. The molecule has 0 saturated carbocycles. The van der Waals surface area contributed by atoms with Gasteiger partial charge in [-0.25, -0.2) is 4.98 Å². The van der Waals surface area contributed by atoms with Crippen molar-refractivity contribution in [2.24, 2.45) is 5.41 Å². The number of esters is 2. The van der Waals surface area contributed by atoms with Crippen molar-refractivity contribution in [2.75, 3.05) is 5.32 Å². The molecule has 6 nitrogen and oxygen atoms in total. The molecule has 2 aliphatic rings. The molecule has 3 heterocycles. The van der Waals surface area contributed by atoms with E-state index in [0.29, 0.717) is 17.2 Å². The second-order valence-electron chi connectivity index (χ2n) is 8.23. The van der Waals surface area contributed by atoms with Gasteiger partial charge in [0.25, 0.3) is 0 Å². The maximum atomic E-state index is 12.7. The van der Waals surface area contributed by atoms with Gasteiger partial charge >= 0.3 is 11.9 Å². The molecule has 2 atom stereocenters. The lowest BCUT2D eigenvalue weighted by Crippen LogP contribution is -2.32. The first-order valence-electron chi connectivity index (χ1n) is 8.89. The van der Waals surface area contributed by atoms with E-state index in [-0.39, 0.29) is 6.42 Å². The summed E-state index contributed by atoms with van der Waals surface area (Å²) < 4.78 is 11.1. The molecule has 2 saturated heterocycles. The van der Waals surface area contributed by atoms with Crippen LogP contribution < -0.4 is 5.32 Å². The zero-order valence-electron chi connectivity index (χ0n) is 15.8. The average Bonchev–Trinajstić information content (AvgIpc) is 3.19. The average molecular weight is 386 g/mol. The first-order valence-corrected chi connectivity index (χ1v) is 9.77. The fourth-order valence-electron chi connectivity index (χ4n) is 3.94. The van der Waals surface area contributed by atoms with Crippen LogP contribution in [0.25, 0.3) is 0 Å². The van der Waals surface area contributed by atoms with Gasteiger partial charge in [0, 0.05) is 23.9 Å². The fraction of sp³-hybridized carbons (Fsp3) is 0.450. The summed E-state index contributed by atoms with van der Waals surface area (Å²) in [4.78, 5) is 29.7. The molecule has 1 spiro atoms. The Kier molecular flexibility index (Phi) is 3.86. The maximum Gasteiger partial charge on any atom is 0.324 e. The van der Waals surface area contributed by atoms with Gasteiger partial charge in [-0.15, -0.1) is 11.3 Å². The third-order valence-corrected chi connectivity index (χ3v) is 5.94. The van der Waals surface area contributed by atoms with Crippen molar-refractivity contribution in [1.29, 1.82) is 0 Å². The largest absolute Gasteiger partial charge is 0.459 e. The predicted octanol–water partition coefficient (Wildman–Crippen LogP) is 4.07. The van der Waals surface area contributed by atoms with Gasteiger partial charge in [-0.3, -0.25) is 9.59 Å². The molecule has 0 amide bonds. The second kappa shape index (κ2) is 5.79. The lowest BCUT2D eigenvalue weighted by Gasteiger charge is -2.20. The molecule has 4 rings (SSSR count). The van der Waals surface area contributed by atoms with Crippen molar-refractivity contribution in [1.82, 2.24) is 4.98 Å². The predicted molar refractivity (Wildman–Crippen MR) is 102 cm³/mol. The van der Waals surface area contributed by atoms with Crippen LogP contribution >= 0.6 is 11.3 Å². The first-order chi connectivity index (χ1) is 12.6. The molecule has 0 aliphatic carbocycles. The highest BCUT2D eigenvalue weighted by Gasteiger charge is 2.67. The standard InChI is InChI=1S/C20H22N2O4S/c1-12-5-7-13(8-6-12)21-17-22-14(9-27-17)19(4)11-20(16(24)26-19)10-18(2,3)25-15(20)23/h5-9H,10-11H2,1-4H3,(H,21,22). The third-order valence-electron chi connectivity index (χ3n) is 5.18. The molecule has 27 heavy (non-hydrogen) atoms. The minimum atomic E-state index is -1.23. The minimum Gasteiger partial charge on any atom is -0.459 e. The zero-order chi connectivity index (χ0) is 19.4. The molecule has 2 fully saturated rings. The van der Waals surface area contributed by atoms with Crippen molar-refractivity contribution >= 4 is 34.1 Å². The molecule has 2 unspecified atom stereocenters. The number of carbonyl (C=O) groups is 2. The topological polar surface area (TPSA) is 77.5 Å². The van der Waals surface area contributed by atoms with E-state index in [9.17, 15) is 9.59 Å². The Labute approximate surface area is 161 Å². The summed E-state index contributed by atoms with van der Waals surface area (Å²) in [6, 6.07) is 8.01. The molecule has 0 radical (unpaired) electrons. The van der Waals surface area contributed by atoms with Gasteiger partial charge in [0.15, 0.2) is 16.1 Å². The molecule has 142 valence electrons. The Bertz CT molecular complexity index is 920. The molecule has 0 bridgehead atoms. The number of aryl methyl sites for hydroxylation is 1. The van der Waals surface area contributed by atoms with E-state index in [1.165, 1.54) is 16.9 Å². The Hall–Kier alpha value is -2.41. The highest BCUT2D eigenvalue weighted by Crippen LogP contribution is 2.54. The fourth-order valence-corrected chi connectivity index (χ4v) is 4.79. The van der Waals surface area contributed by atoms with Crippen LogP contribution in [0.15, 0.2) is 29.6 Å². The van der Waals surface area contributed by atoms with Gasteiger partial charge < -0.3 is 14.8 Å². The number of benzene rings is 1. The van der Waals surface area contributed by atoms with E-state index in [1.807, 2.05) is 57.3 Å². The van der Waals surface area contributed by atoms with Crippen LogP contribution in [0, 0.1) is 12.3 Å². The van der Waals surface area contributed by atoms with E-state index < -0.39 is 28.6 Å². The van der Waals surface area contributed by atoms with Crippen molar-refractivity contribution in [3.63, 3.8) is 0 Å². The number of hydrogen-bond acceptors (Lipinski definition) is 7. The third kappa shape index (κ3) is 3.00. The zero-order valence-corrected chi connectivity index (χ0v) is 16.6. The van der Waals surface area contributed by atoms with Gasteiger partial charge in [0.2, 0.25) is 0 Å². The highest BCUT2D eigenvalue weighted by molar-refractivity contribution is 7.13. The number of hydrogen-bond donors (Lipinski definition) is 1. The van der Waals surface area contributed by atoms with E-state index >= 15 is 0 Å². The van der Waals surface area contributed by atoms with E-state index in [1.54, 1.807) is 0 Å². The Morgan fingerprint density at radius 1 is 1.04 bits per heavy atom. The van der Waals surface area contributed by atoms with Crippen LogP contribution in [0.2, 0.25) is 0 Å². The number of nitrogens with zero attached hydrogens (tertiary/aromatic N) is 1. The molecule has 1 aromatic carbocycles.